The molecule has 0 unspecified atom stereocenters. The first-order valence-electron chi connectivity index (χ1n) is 8.93. The van der Waals surface area contributed by atoms with Crippen molar-refractivity contribution >= 4 is 10.9 Å². The van der Waals surface area contributed by atoms with Gasteiger partial charge in [-0.3, -0.25) is 4.90 Å². The van der Waals surface area contributed by atoms with Crippen LogP contribution in [-0.4, -0.2) is 40.7 Å². The van der Waals surface area contributed by atoms with Crippen molar-refractivity contribution in [3.8, 4) is 0 Å². The molecule has 2 heterocycles. The van der Waals surface area contributed by atoms with E-state index in [1.54, 1.807) is 0 Å². The minimum Gasteiger partial charge on any atom is -0.392 e. The highest BCUT2D eigenvalue weighted by Crippen LogP contribution is 2.43. The molecular weight excluding hydrogens is 284 g/mol. The maximum atomic E-state index is 9.70. The van der Waals surface area contributed by atoms with Crippen molar-refractivity contribution in [1.29, 1.82) is 0 Å². The van der Waals surface area contributed by atoms with Crippen LogP contribution in [0.5, 0.6) is 0 Å². The number of benzene rings is 1. The SMILES string of the molecule is CCCN1CC(CO)=C[C@@H]2c3cccc4[nH]c(CC)c(c34)C[C@H]21. The number of aryl methyl sites for hydroxylation is 1. The molecule has 2 N–H and O–H groups in total. The summed E-state index contributed by atoms with van der Waals surface area (Å²) in [5.41, 5.74) is 6.82. The summed E-state index contributed by atoms with van der Waals surface area (Å²) in [6, 6.07) is 7.19. The first kappa shape index (κ1) is 15.0. The second-order valence-electron chi connectivity index (χ2n) is 6.96. The molecule has 0 radical (unpaired) electrons. The molecule has 0 saturated carbocycles. The van der Waals surface area contributed by atoms with Gasteiger partial charge in [0.05, 0.1) is 6.61 Å². The van der Waals surface area contributed by atoms with Gasteiger partial charge in [0, 0.05) is 35.1 Å². The van der Waals surface area contributed by atoms with Gasteiger partial charge in [0.2, 0.25) is 0 Å². The first-order valence-corrected chi connectivity index (χ1v) is 8.93. The van der Waals surface area contributed by atoms with E-state index in [0.29, 0.717) is 12.0 Å². The van der Waals surface area contributed by atoms with Crippen LogP contribution < -0.4 is 0 Å². The fourth-order valence-electron chi connectivity index (χ4n) is 4.62. The van der Waals surface area contributed by atoms with Gasteiger partial charge in [-0.1, -0.05) is 32.1 Å². The highest BCUT2D eigenvalue weighted by molar-refractivity contribution is 5.90. The second-order valence-corrected chi connectivity index (χ2v) is 6.96. The average Bonchev–Trinajstić information content (AvgIpc) is 2.95. The van der Waals surface area contributed by atoms with Crippen LogP contribution in [0.15, 0.2) is 29.8 Å². The van der Waals surface area contributed by atoms with Crippen molar-refractivity contribution in [3.63, 3.8) is 0 Å². The quantitative estimate of drug-likeness (QED) is 0.850. The first-order chi connectivity index (χ1) is 11.3. The Kier molecular flexibility index (Phi) is 3.78. The van der Waals surface area contributed by atoms with Crippen LogP contribution >= 0.6 is 0 Å². The van der Waals surface area contributed by atoms with Gasteiger partial charge in [0.25, 0.3) is 0 Å². The number of H-pyrrole nitrogens is 1. The van der Waals surface area contributed by atoms with Crippen molar-refractivity contribution < 1.29 is 5.11 Å². The van der Waals surface area contributed by atoms with E-state index < -0.39 is 0 Å². The highest BCUT2D eigenvalue weighted by atomic mass is 16.3. The van der Waals surface area contributed by atoms with Crippen LogP contribution in [0.1, 0.15) is 43.0 Å². The van der Waals surface area contributed by atoms with Gasteiger partial charge in [-0.05, 0) is 48.6 Å². The van der Waals surface area contributed by atoms with Gasteiger partial charge in [0.15, 0.2) is 0 Å². The van der Waals surface area contributed by atoms with Crippen molar-refractivity contribution in [2.24, 2.45) is 0 Å². The zero-order valence-electron chi connectivity index (χ0n) is 14.1. The molecule has 0 amide bonds. The number of hydrogen-bond acceptors (Lipinski definition) is 2. The van der Waals surface area contributed by atoms with Crippen molar-refractivity contribution in [2.45, 2.75) is 45.1 Å². The lowest BCUT2D eigenvalue weighted by molar-refractivity contribution is 0.171. The van der Waals surface area contributed by atoms with E-state index in [4.69, 9.17) is 0 Å². The molecule has 3 heteroatoms. The summed E-state index contributed by atoms with van der Waals surface area (Å²) in [7, 11) is 0. The summed E-state index contributed by atoms with van der Waals surface area (Å²) in [4.78, 5) is 6.23. The van der Waals surface area contributed by atoms with Crippen LogP contribution in [0.4, 0.5) is 0 Å². The number of rotatable bonds is 4. The number of nitrogens with one attached hydrogen (secondary N) is 1. The minimum atomic E-state index is 0.180. The third-order valence-corrected chi connectivity index (χ3v) is 5.59. The molecule has 1 aliphatic carbocycles. The molecule has 1 aromatic carbocycles. The number of hydrogen-bond donors (Lipinski definition) is 2. The maximum Gasteiger partial charge on any atom is 0.0654 e. The number of aromatic nitrogens is 1. The molecule has 1 aromatic heterocycles. The Balaban J connectivity index is 1.89. The Morgan fingerprint density at radius 2 is 2.17 bits per heavy atom. The van der Waals surface area contributed by atoms with Crippen LogP contribution in [0.3, 0.4) is 0 Å². The largest absolute Gasteiger partial charge is 0.392 e. The Hall–Kier alpha value is -1.58. The molecule has 0 bridgehead atoms. The van der Waals surface area contributed by atoms with E-state index in [1.165, 1.54) is 33.3 Å². The number of nitrogens with zero attached hydrogens (tertiary/aromatic N) is 1. The Labute approximate surface area is 138 Å². The van der Waals surface area contributed by atoms with Crippen LogP contribution in [0.25, 0.3) is 10.9 Å². The Bertz CT molecular complexity index is 758. The van der Waals surface area contributed by atoms with Gasteiger partial charge in [-0.2, -0.15) is 0 Å². The van der Waals surface area contributed by atoms with Crippen molar-refractivity contribution in [2.75, 3.05) is 19.7 Å². The van der Waals surface area contributed by atoms with Crippen LogP contribution in [0.2, 0.25) is 0 Å². The molecule has 1 aliphatic heterocycles. The molecule has 2 atom stereocenters. The molecule has 122 valence electrons. The fraction of sp³-hybridized carbons (Fsp3) is 0.500. The van der Waals surface area contributed by atoms with Gasteiger partial charge >= 0.3 is 0 Å². The second kappa shape index (κ2) is 5.81. The lowest BCUT2D eigenvalue weighted by Crippen LogP contribution is -2.47. The van der Waals surface area contributed by atoms with Gasteiger partial charge in [-0.15, -0.1) is 0 Å². The van der Waals surface area contributed by atoms with Crippen molar-refractivity contribution in [1.82, 2.24) is 9.88 Å². The van der Waals surface area contributed by atoms with Gasteiger partial charge in [0.1, 0.15) is 0 Å². The molecular formula is C20H26N2O. The third kappa shape index (κ3) is 2.26. The summed E-state index contributed by atoms with van der Waals surface area (Å²) in [6.45, 7) is 6.69. The summed E-state index contributed by atoms with van der Waals surface area (Å²) >= 11 is 0. The molecule has 23 heavy (non-hydrogen) atoms. The zero-order chi connectivity index (χ0) is 16.0. The number of fused-ring (bicyclic) bond motifs is 2. The summed E-state index contributed by atoms with van der Waals surface area (Å²) in [5.74, 6) is 0.411. The van der Waals surface area contributed by atoms with Crippen LogP contribution in [0, 0.1) is 0 Å². The standard InChI is InChI=1S/C20H26N2O/c1-3-8-22-11-13(12-23)9-15-14-6-5-7-18-20(14)16(10-19(15)22)17(4-2)21-18/h5-7,9,15,19,21,23H,3-4,8,10-12H2,1-2H3/t15-,19-/m1/s1. The molecule has 2 aromatic rings. The average molecular weight is 310 g/mol. The lowest BCUT2D eigenvalue weighted by atomic mass is 9.75. The number of aliphatic hydroxyl groups is 1. The smallest absolute Gasteiger partial charge is 0.0654 e. The molecule has 4 rings (SSSR count). The molecule has 0 saturated heterocycles. The van der Waals surface area contributed by atoms with Gasteiger partial charge < -0.3 is 10.1 Å². The Morgan fingerprint density at radius 3 is 2.91 bits per heavy atom. The summed E-state index contributed by atoms with van der Waals surface area (Å²) in [5, 5.41) is 11.1. The minimum absolute atomic E-state index is 0.180. The highest BCUT2D eigenvalue weighted by Gasteiger charge is 2.37. The van der Waals surface area contributed by atoms with Crippen LogP contribution in [-0.2, 0) is 12.8 Å². The fourth-order valence-corrected chi connectivity index (χ4v) is 4.62. The zero-order valence-corrected chi connectivity index (χ0v) is 14.1. The van der Waals surface area contributed by atoms with E-state index in [-0.39, 0.29) is 6.61 Å². The van der Waals surface area contributed by atoms with E-state index in [9.17, 15) is 5.11 Å². The lowest BCUT2D eigenvalue weighted by Gasteiger charge is -2.43. The van der Waals surface area contributed by atoms with E-state index in [0.717, 1.165) is 32.4 Å². The van der Waals surface area contributed by atoms with E-state index >= 15 is 0 Å². The molecule has 0 spiro atoms. The van der Waals surface area contributed by atoms with E-state index in [2.05, 4.69) is 48.0 Å². The molecule has 3 nitrogen and oxygen atoms in total. The predicted octanol–water partition coefficient (Wildman–Crippen LogP) is 3.38. The normalized spacial score (nSPS) is 23.9. The summed E-state index contributed by atoms with van der Waals surface area (Å²) < 4.78 is 0. The van der Waals surface area contributed by atoms with E-state index in [1.807, 2.05) is 0 Å². The molecule has 0 fully saturated rings. The molecule has 2 aliphatic rings. The maximum absolute atomic E-state index is 9.70. The monoisotopic (exact) mass is 310 g/mol. The van der Waals surface area contributed by atoms with Gasteiger partial charge in [-0.25, -0.2) is 0 Å². The number of aromatic amines is 1. The summed E-state index contributed by atoms with van der Waals surface area (Å²) in [6.07, 6.45) is 5.69. The third-order valence-electron chi connectivity index (χ3n) is 5.59. The number of aliphatic hydroxyl groups excluding tert-OH is 1. The topological polar surface area (TPSA) is 39.3 Å². The Morgan fingerprint density at radius 1 is 1.30 bits per heavy atom. The van der Waals surface area contributed by atoms with Crippen molar-refractivity contribution in [3.05, 3.63) is 46.7 Å². The predicted molar refractivity (Wildman–Crippen MR) is 94.9 cm³/mol.